The van der Waals surface area contributed by atoms with Crippen molar-refractivity contribution in [2.45, 2.75) is 32.2 Å². The molecule has 1 atom stereocenters. The SMILES string of the molecule is CCn1c(C2CCCN(C(=O)c3cc(=O)n(C)c(=O)n3C)C2)nn(C)c1=O. The number of carbonyl (C=O) groups is 1. The molecule has 0 aliphatic carbocycles. The molecule has 2 aromatic rings. The van der Waals surface area contributed by atoms with Gasteiger partial charge in [-0.15, -0.1) is 0 Å². The average molecular weight is 376 g/mol. The molecule has 3 heterocycles. The Morgan fingerprint density at radius 1 is 1.15 bits per heavy atom. The normalized spacial score (nSPS) is 17.3. The molecule has 1 saturated heterocycles. The summed E-state index contributed by atoms with van der Waals surface area (Å²) in [7, 11) is 4.46. The number of hydrogen-bond donors (Lipinski definition) is 0. The molecule has 10 nitrogen and oxygen atoms in total. The third kappa shape index (κ3) is 3.15. The molecule has 1 unspecified atom stereocenters. The highest BCUT2D eigenvalue weighted by Crippen LogP contribution is 2.25. The van der Waals surface area contributed by atoms with Crippen LogP contribution in [0.5, 0.6) is 0 Å². The first-order chi connectivity index (χ1) is 12.8. The van der Waals surface area contributed by atoms with E-state index in [9.17, 15) is 19.2 Å². The van der Waals surface area contributed by atoms with Crippen LogP contribution in [0, 0.1) is 0 Å². The van der Waals surface area contributed by atoms with Crippen LogP contribution in [0.2, 0.25) is 0 Å². The van der Waals surface area contributed by atoms with Gasteiger partial charge in [-0.1, -0.05) is 0 Å². The Balaban J connectivity index is 1.93. The van der Waals surface area contributed by atoms with Crippen molar-refractivity contribution < 1.29 is 4.79 Å². The Bertz CT molecular complexity index is 1060. The van der Waals surface area contributed by atoms with Crippen LogP contribution in [-0.2, 0) is 27.7 Å². The molecule has 27 heavy (non-hydrogen) atoms. The van der Waals surface area contributed by atoms with Crippen molar-refractivity contribution in [1.29, 1.82) is 0 Å². The zero-order chi connectivity index (χ0) is 19.9. The molecular formula is C17H24N6O4. The maximum atomic E-state index is 13.0. The van der Waals surface area contributed by atoms with Gasteiger partial charge in [0, 0.05) is 52.8 Å². The summed E-state index contributed by atoms with van der Waals surface area (Å²) in [4.78, 5) is 50.8. The predicted octanol–water partition coefficient (Wildman–Crippen LogP) is -0.981. The molecule has 0 saturated carbocycles. The summed E-state index contributed by atoms with van der Waals surface area (Å²) in [6.07, 6.45) is 1.57. The monoisotopic (exact) mass is 376 g/mol. The fraction of sp³-hybridized carbons (Fsp3) is 0.588. The molecule has 1 aliphatic rings. The Morgan fingerprint density at radius 2 is 1.85 bits per heavy atom. The second kappa shape index (κ2) is 7.01. The number of likely N-dealkylation sites (tertiary alicyclic amines) is 1. The maximum absolute atomic E-state index is 13.0. The van der Waals surface area contributed by atoms with Crippen molar-refractivity contribution in [1.82, 2.24) is 28.4 Å². The van der Waals surface area contributed by atoms with Crippen molar-refractivity contribution in [2.24, 2.45) is 21.1 Å². The van der Waals surface area contributed by atoms with Gasteiger partial charge in [0.2, 0.25) is 0 Å². The van der Waals surface area contributed by atoms with Crippen LogP contribution >= 0.6 is 0 Å². The van der Waals surface area contributed by atoms with Crippen molar-refractivity contribution >= 4 is 5.91 Å². The second-order valence-electron chi connectivity index (χ2n) is 6.87. The number of aromatic nitrogens is 5. The van der Waals surface area contributed by atoms with E-state index in [1.165, 1.54) is 29.4 Å². The van der Waals surface area contributed by atoms with E-state index in [2.05, 4.69) is 5.10 Å². The number of hydrogen-bond acceptors (Lipinski definition) is 5. The summed E-state index contributed by atoms with van der Waals surface area (Å²) in [6.45, 7) is 3.31. The average Bonchev–Trinajstić information content (AvgIpc) is 2.96. The van der Waals surface area contributed by atoms with Gasteiger partial charge in [0.25, 0.3) is 11.5 Å². The van der Waals surface area contributed by atoms with Crippen molar-refractivity contribution in [3.8, 4) is 0 Å². The summed E-state index contributed by atoms with van der Waals surface area (Å²) in [5.41, 5.74) is -1.16. The molecular weight excluding hydrogens is 352 g/mol. The van der Waals surface area contributed by atoms with Gasteiger partial charge in [0.1, 0.15) is 11.5 Å². The Morgan fingerprint density at radius 3 is 2.52 bits per heavy atom. The number of amides is 1. The van der Waals surface area contributed by atoms with Gasteiger partial charge >= 0.3 is 11.4 Å². The molecule has 1 fully saturated rings. The highest BCUT2D eigenvalue weighted by molar-refractivity contribution is 5.92. The van der Waals surface area contributed by atoms with Crippen LogP contribution in [0.15, 0.2) is 20.4 Å². The number of nitrogens with zero attached hydrogens (tertiary/aromatic N) is 6. The molecule has 146 valence electrons. The van der Waals surface area contributed by atoms with Gasteiger partial charge < -0.3 is 4.90 Å². The van der Waals surface area contributed by atoms with Crippen LogP contribution in [0.1, 0.15) is 42.0 Å². The molecule has 0 radical (unpaired) electrons. The third-order valence-electron chi connectivity index (χ3n) is 5.17. The minimum Gasteiger partial charge on any atom is -0.337 e. The zero-order valence-corrected chi connectivity index (χ0v) is 16.0. The van der Waals surface area contributed by atoms with Crippen molar-refractivity contribution in [3.63, 3.8) is 0 Å². The molecule has 0 bridgehead atoms. The number of carbonyl (C=O) groups excluding carboxylic acids is 1. The minimum absolute atomic E-state index is 0.0673. The highest BCUT2D eigenvalue weighted by Gasteiger charge is 2.30. The summed E-state index contributed by atoms with van der Waals surface area (Å²) >= 11 is 0. The zero-order valence-electron chi connectivity index (χ0n) is 16.0. The van der Waals surface area contributed by atoms with E-state index in [-0.39, 0.29) is 23.2 Å². The van der Waals surface area contributed by atoms with E-state index in [1.807, 2.05) is 6.92 Å². The lowest BCUT2D eigenvalue weighted by Crippen LogP contribution is -2.45. The number of aryl methyl sites for hydroxylation is 1. The molecule has 0 aromatic carbocycles. The molecule has 1 amide bonds. The molecule has 10 heteroatoms. The summed E-state index contributed by atoms with van der Waals surface area (Å²) in [5, 5.41) is 4.35. The summed E-state index contributed by atoms with van der Waals surface area (Å²) < 4.78 is 5.08. The molecule has 1 aliphatic heterocycles. The van der Waals surface area contributed by atoms with Crippen LogP contribution in [0.25, 0.3) is 0 Å². The molecule has 0 N–H and O–H groups in total. The Kier molecular flexibility index (Phi) is 4.90. The van der Waals surface area contributed by atoms with E-state index in [4.69, 9.17) is 0 Å². The van der Waals surface area contributed by atoms with Crippen molar-refractivity contribution in [2.75, 3.05) is 13.1 Å². The van der Waals surface area contributed by atoms with E-state index < -0.39 is 11.2 Å². The van der Waals surface area contributed by atoms with Gasteiger partial charge in [-0.25, -0.2) is 14.3 Å². The van der Waals surface area contributed by atoms with Gasteiger partial charge in [-0.05, 0) is 19.8 Å². The maximum Gasteiger partial charge on any atom is 0.345 e. The standard InChI is InChI=1S/C17H24N6O4/c1-5-23-14(18-21(4)17(23)27)11-7-6-8-22(10-11)15(25)12-9-13(24)20(3)16(26)19(12)2/h9,11H,5-8,10H2,1-4H3. The largest absolute Gasteiger partial charge is 0.345 e. The second-order valence-corrected chi connectivity index (χ2v) is 6.87. The Labute approximate surface area is 155 Å². The first kappa shape index (κ1) is 18.9. The van der Waals surface area contributed by atoms with Gasteiger partial charge in [0.15, 0.2) is 0 Å². The minimum atomic E-state index is -0.538. The molecule has 2 aromatic heterocycles. The fourth-order valence-corrected chi connectivity index (χ4v) is 3.59. The summed E-state index contributed by atoms with van der Waals surface area (Å²) in [5.74, 6) is 0.235. The molecule has 0 spiro atoms. The van der Waals surface area contributed by atoms with Crippen molar-refractivity contribution in [3.05, 3.63) is 48.9 Å². The van der Waals surface area contributed by atoms with Gasteiger partial charge in [-0.2, -0.15) is 5.10 Å². The smallest absolute Gasteiger partial charge is 0.337 e. The first-order valence-corrected chi connectivity index (χ1v) is 8.96. The van der Waals surface area contributed by atoms with Crippen LogP contribution < -0.4 is 16.9 Å². The number of piperidine rings is 1. The first-order valence-electron chi connectivity index (χ1n) is 8.96. The lowest BCUT2D eigenvalue weighted by Gasteiger charge is -2.32. The summed E-state index contributed by atoms with van der Waals surface area (Å²) in [6, 6.07) is 1.19. The fourth-order valence-electron chi connectivity index (χ4n) is 3.59. The van der Waals surface area contributed by atoms with E-state index in [1.54, 1.807) is 16.5 Å². The van der Waals surface area contributed by atoms with Crippen LogP contribution in [0.4, 0.5) is 0 Å². The van der Waals surface area contributed by atoms with Gasteiger partial charge in [-0.3, -0.25) is 23.3 Å². The number of rotatable bonds is 3. The lowest BCUT2D eigenvalue weighted by molar-refractivity contribution is 0.0691. The predicted molar refractivity (Wildman–Crippen MR) is 97.9 cm³/mol. The van der Waals surface area contributed by atoms with E-state index >= 15 is 0 Å². The quantitative estimate of drug-likeness (QED) is 0.685. The van der Waals surface area contributed by atoms with E-state index in [0.29, 0.717) is 25.5 Å². The topological polar surface area (TPSA) is 104 Å². The van der Waals surface area contributed by atoms with Gasteiger partial charge in [0.05, 0.1) is 0 Å². The van der Waals surface area contributed by atoms with E-state index in [0.717, 1.165) is 17.4 Å². The van der Waals surface area contributed by atoms with Crippen LogP contribution in [0.3, 0.4) is 0 Å². The van der Waals surface area contributed by atoms with Crippen LogP contribution in [-0.4, -0.2) is 47.4 Å². The molecule has 3 rings (SSSR count). The highest BCUT2D eigenvalue weighted by atomic mass is 16.2. The lowest BCUT2D eigenvalue weighted by atomic mass is 9.96. The third-order valence-corrected chi connectivity index (χ3v) is 5.17. The Hall–Kier alpha value is -2.91.